The highest BCUT2D eigenvalue weighted by atomic mass is 31.2. The van der Waals surface area contributed by atoms with Crippen LogP contribution in [0.1, 0.15) is 47.9 Å². The predicted octanol–water partition coefficient (Wildman–Crippen LogP) is 7.42. The largest absolute Gasteiger partial charge is 0.325 e. The molecule has 2 N–H and O–H groups in total. The van der Waals surface area contributed by atoms with E-state index in [1.165, 1.54) is 11.1 Å². The molecule has 36 heavy (non-hydrogen) atoms. The van der Waals surface area contributed by atoms with Crippen LogP contribution in [0.3, 0.4) is 0 Å². The predicted molar refractivity (Wildman–Crippen MR) is 145 cm³/mol. The number of halogens is 1. The monoisotopic (exact) mass is 505 g/mol. The summed E-state index contributed by atoms with van der Waals surface area (Å²) in [4.78, 5) is 22.6. The van der Waals surface area contributed by atoms with Crippen LogP contribution in [0.2, 0.25) is 0 Å². The minimum absolute atomic E-state index is 0.0710. The van der Waals surface area contributed by atoms with Crippen LogP contribution in [0.5, 0.6) is 0 Å². The fourth-order valence-corrected chi connectivity index (χ4v) is 5.29. The molecule has 0 radical (unpaired) electrons. The van der Waals surface area contributed by atoms with Crippen molar-refractivity contribution in [2.75, 3.05) is 6.16 Å². The summed E-state index contributed by atoms with van der Waals surface area (Å²) in [5.74, 6) is -0.178. The van der Waals surface area contributed by atoms with Crippen molar-refractivity contribution in [1.82, 2.24) is 4.98 Å². The highest BCUT2D eigenvalue weighted by molar-refractivity contribution is 7.51. The van der Waals surface area contributed by atoms with E-state index in [9.17, 15) is 4.57 Å². The van der Waals surface area contributed by atoms with E-state index >= 15 is 4.39 Å². The van der Waals surface area contributed by atoms with E-state index in [2.05, 4.69) is 36.2 Å². The molecule has 0 atom stereocenters. The van der Waals surface area contributed by atoms with E-state index in [1.807, 2.05) is 36.4 Å². The van der Waals surface area contributed by atoms with Gasteiger partial charge in [0.15, 0.2) is 0 Å². The number of fused-ring (bicyclic) bond motifs is 1. The van der Waals surface area contributed by atoms with Crippen LogP contribution < -0.4 is 0 Å². The zero-order valence-electron chi connectivity index (χ0n) is 20.7. The maximum atomic E-state index is 15.0. The van der Waals surface area contributed by atoms with Gasteiger partial charge in [-0.2, -0.15) is 0 Å². The first kappa shape index (κ1) is 26.2. The molecule has 0 fully saturated rings. The van der Waals surface area contributed by atoms with Gasteiger partial charge in [-0.15, -0.1) is 0 Å². The van der Waals surface area contributed by atoms with E-state index in [4.69, 9.17) is 9.79 Å². The van der Waals surface area contributed by atoms with E-state index < -0.39 is 7.60 Å². The van der Waals surface area contributed by atoms with Crippen LogP contribution in [-0.4, -0.2) is 20.9 Å². The average molecular weight is 506 g/mol. The first-order valence-electron chi connectivity index (χ1n) is 12.6. The summed E-state index contributed by atoms with van der Waals surface area (Å²) in [6.45, 7) is 2.08. The highest BCUT2D eigenvalue weighted by Gasteiger charge is 2.13. The minimum Gasteiger partial charge on any atom is -0.324 e. The van der Waals surface area contributed by atoms with Crippen molar-refractivity contribution in [2.45, 2.75) is 51.9 Å². The summed E-state index contributed by atoms with van der Waals surface area (Å²) in [7, 11) is -3.93. The first-order chi connectivity index (χ1) is 17.3. The Balaban J connectivity index is 1.45. The molecule has 0 spiro atoms. The Bertz CT molecular complexity index is 1360. The fraction of sp³-hybridized carbons (Fsp3) is 0.300. The van der Waals surface area contributed by atoms with Gasteiger partial charge in [-0.1, -0.05) is 66.6 Å². The first-order valence-corrected chi connectivity index (χ1v) is 14.4. The second-order valence-electron chi connectivity index (χ2n) is 9.52. The lowest BCUT2D eigenvalue weighted by Crippen LogP contribution is -1.96. The third-order valence-corrected chi connectivity index (χ3v) is 7.54. The van der Waals surface area contributed by atoms with E-state index in [-0.39, 0.29) is 12.0 Å². The molecule has 4 nitrogen and oxygen atoms in total. The zero-order chi connectivity index (χ0) is 25.5. The van der Waals surface area contributed by atoms with E-state index in [0.29, 0.717) is 12.8 Å². The summed E-state index contributed by atoms with van der Waals surface area (Å²) in [5, 5.41) is 0.983. The molecular weight excluding hydrogens is 472 g/mol. The lowest BCUT2D eigenvalue weighted by atomic mass is 9.94. The summed E-state index contributed by atoms with van der Waals surface area (Å²) in [6, 6.07) is 22.0. The fourth-order valence-electron chi connectivity index (χ4n) is 4.65. The normalized spacial score (nSPS) is 11.8. The van der Waals surface area contributed by atoms with Gasteiger partial charge in [-0.25, -0.2) is 4.39 Å². The van der Waals surface area contributed by atoms with Gasteiger partial charge in [-0.3, -0.25) is 9.55 Å². The van der Waals surface area contributed by atoms with Crippen molar-refractivity contribution in [3.63, 3.8) is 0 Å². The number of benzene rings is 3. The Labute approximate surface area is 212 Å². The van der Waals surface area contributed by atoms with Crippen LogP contribution in [0, 0.1) is 12.7 Å². The van der Waals surface area contributed by atoms with Gasteiger partial charge >= 0.3 is 7.60 Å². The zero-order valence-corrected chi connectivity index (χ0v) is 21.6. The number of aryl methyl sites for hydroxylation is 4. The minimum atomic E-state index is -3.93. The van der Waals surface area contributed by atoms with Gasteiger partial charge in [0, 0.05) is 17.7 Å². The number of aromatic nitrogens is 1. The van der Waals surface area contributed by atoms with Crippen molar-refractivity contribution in [3.05, 3.63) is 101 Å². The maximum absolute atomic E-state index is 15.0. The van der Waals surface area contributed by atoms with Crippen LogP contribution in [0.15, 0.2) is 72.9 Å². The van der Waals surface area contributed by atoms with Crippen LogP contribution in [-0.2, 0) is 23.8 Å². The summed E-state index contributed by atoms with van der Waals surface area (Å²) >= 11 is 0. The van der Waals surface area contributed by atoms with Gasteiger partial charge < -0.3 is 9.79 Å². The summed E-state index contributed by atoms with van der Waals surface area (Å²) < 4.78 is 26.1. The molecule has 0 bridgehead atoms. The lowest BCUT2D eigenvalue weighted by molar-refractivity contribution is 0.371. The molecule has 0 aliphatic heterocycles. The smallest absolute Gasteiger partial charge is 0.324 e. The van der Waals surface area contributed by atoms with Gasteiger partial charge in [-0.05, 0) is 85.4 Å². The molecule has 6 heteroatoms. The number of nitrogens with zero attached hydrogens (tertiary/aromatic N) is 1. The summed E-state index contributed by atoms with van der Waals surface area (Å²) in [6.07, 6.45) is 7.08. The van der Waals surface area contributed by atoms with Gasteiger partial charge in [0.1, 0.15) is 5.82 Å². The van der Waals surface area contributed by atoms with Crippen molar-refractivity contribution in [2.24, 2.45) is 0 Å². The third-order valence-electron chi connectivity index (χ3n) is 6.64. The van der Waals surface area contributed by atoms with Crippen LogP contribution in [0.4, 0.5) is 4.39 Å². The number of hydrogen-bond acceptors (Lipinski definition) is 2. The number of unbranched alkanes of at least 4 members (excludes halogenated alkanes) is 2. The van der Waals surface area contributed by atoms with E-state index in [0.717, 1.165) is 65.3 Å². The Kier molecular flexibility index (Phi) is 8.68. The molecule has 3 aromatic carbocycles. The Morgan fingerprint density at radius 1 is 0.833 bits per heavy atom. The van der Waals surface area contributed by atoms with Gasteiger partial charge in [0.25, 0.3) is 0 Å². The lowest BCUT2D eigenvalue weighted by Gasteiger charge is -2.12. The Morgan fingerprint density at radius 3 is 2.33 bits per heavy atom. The number of hydrogen-bond donors (Lipinski definition) is 2. The van der Waals surface area contributed by atoms with E-state index in [1.54, 1.807) is 12.3 Å². The topological polar surface area (TPSA) is 70.4 Å². The van der Waals surface area contributed by atoms with Crippen molar-refractivity contribution < 1.29 is 18.7 Å². The van der Waals surface area contributed by atoms with Gasteiger partial charge in [0.05, 0.1) is 5.52 Å². The second-order valence-corrected chi connectivity index (χ2v) is 11.3. The number of rotatable bonds is 11. The molecule has 0 amide bonds. The Hall–Kier alpha value is -2.85. The van der Waals surface area contributed by atoms with Crippen molar-refractivity contribution in [3.8, 4) is 11.1 Å². The molecule has 0 aliphatic carbocycles. The SMILES string of the molecule is Cc1ccc(CCCc2ccc(-c3ccc(CCCCCP(=O)(O)O)c4ncccc34)cc2F)cc1. The molecule has 4 aromatic rings. The van der Waals surface area contributed by atoms with Crippen LogP contribution >= 0.6 is 7.60 Å². The molecule has 0 unspecified atom stereocenters. The molecule has 0 aliphatic rings. The quantitative estimate of drug-likeness (QED) is 0.164. The molecule has 0 saturated carbocycles. The molecule has 1 aromatic heterocycles. The maximum Gasteiger partial charge on any atom is 0.325 e. The third kappa shape index (κ3) is 7.10. The molecule has 0 saturated heterocycles. The Morgan fingerprint density at radius 2 is 1.58 bits per heavy atom. The second kappa shape index (κ2) is 11.9. The molecule has 188 valence electrons. The average Bonchev–Trinajstić information content (AvgIpc) is 2.85. The van der Waals surface area contributed by atoms with Crippen LogP contribution in [0.25, 0.3) is 22.0 Å². The van der Waals surface area contributed by atoms with Crippen molar-refractivity contribution in [1.29, 1.82) is 0 Å². The summed E-state index contributed by atoms with van der Waals surface area (Å²) in [5.41, 5.74) is 7.04. The molecule has 4 rings (SSSR count). The standard InChI is InChI=1S/C30H33FNO3P/c1-22-11-13-23(14-12-22)7-5-9-24-15-16-26(21-29(24)31)27-18-17-25(30-28(27)10-6-19-32-30)8-3-2-4-20-36(33,34)35/h6,10-19,21H,2-5,7-9,20H2,1H3,(H2,33,34,35). The molecule has 1 heterocycles. The number of pyridine rings is 1. The van der Waals surface area contributed by atoms with Crippen molar-refractivity contribution >= 4 is 18.5 Å². The highest BCUT2D eigenvalue weighted by Crippen LogP contribution is 2.36. The van der Waals surface area contributed by atoms with Gasteiger partial charge in [0.2, 0.25) is 0 Å². The molecular formula is C30H33FNO3P.